The van der Waals surface area contributed by atoms with Crippen LogP contribution in [0.3, 0.4) is 0 Å². The molecule has 3 aromatic carbocycles. The first-order chi connectivity index (χ1) is 15.5. The lowest BCUT2D eigenvalue weighted by Gasteiger charge is -2.14. The van der Waals surface area contributed by atoms with Gasteiger partial charge in [-0.1, -0.05) is 17.7 Å². The second kappa shape index (κ2) is 9.97. The van der Waals surface area contributed by atoms with Gasteiger partial charge in [0, 0.05) is 16.4 Å². The van der Waals surface area contributed by atoms with Crippen LogP contribution in [-0.2, 0) is 19.6 Å². The summed E-state index contributed by atoms with van der Waals surface area (Å²) < 4.78 is 58.4. The van der Waals surface area contributed by atoms with E-state index in [1.807, 2.05) is 0 Å². The molecule has 3 rings (SSSR count). The molecule has 2 N–H and O–H groups in total. The molecule has 0 saturated heterocycles. The lowest BCUT2D eigenvalue weighted by Crippen LogP contribution is -2.30. The highest BCUT2D eigenvalue weighted by Gasteiger charge is 2.20. The molecule has 7 nitrogen and oxygen atoms in total. The average Bonchev–Trinajstić information content (AvgIpc) is 2.75. The van der Waals surface area contributed by atoms with Crippen LogP contribution >= 0.6 is 11.6 Å². The van der Waals surface area contributed by atoms with Crippen molar-refractivity contribution in [3.63, 3.8) is 0 Å². The summed E-state index contributed by atoms with van der Waals surface area (Å²) in [6.45, 7) is 1.39. The summed E-state index contributed by atoms with van der Waals surface area (Å²) in [6, 6.07) is 13.8. The van der Waals surface area contributed by atoms with Gasteiger partial charge in [-0.05, 0) is 67.6 Å². The monoisotopic (exact) mass is 494 g/mol. The molecule has 33 heavy (non-hydrogen) atoms. The second-order valence-electron chi connectivity index (χ2n) is 6.81. The van der Waals surface area contributed by atoms with Gasteiger partial charge >= 0.3 is 5.97 Å². The molecule has 0 aliphatic rings. The van der Waals surface area contributed by atoms with Crippen LogP contribution in [0.1, 0.15) is 17.3 Å². The van der Waals surface area contributed by atoms with Crippen LogP contribution in [0.4, 0.5) is 20.2 Å². The van der Waals surface area contributed by atoms with Crippen LogP contribution in [0, 0.1) is 11.6 Å². The number of hydrogen-bond acceptors (Lipinski definition) is 5. The average molecular weight is 495 g/mol. The van der Waals surface area contributed by atoms with E-state index in [-0.39, 0.29) is 11.3 Å². The number of carbonyl (C=O) groups is 2. The Kier molecular flexibility index (Phi) is 7.29. The number of carbonyl (C=O) groups excluding carboxylic acids is 2. The Labute approximate surface area is 193 Å². The lowest BCUT2D eigenvalue weighted by atomic mass is 10.2. The van der Waals surface area contributed by atoms with Gasteiger partial charge in [-0.3, -0.25) is 9.52 Å². The molecule has 0 radical (unpaired) electrons. The fourth-order valence-electron chi connectivity index (χ4n) is 2.62. The first-order valence-corrected chi connectivity index (χ1v) is 11.3. The molecule has 0 saturated carbocycles. The smallest absolute Gasteiger partial charge is 0.338 e. The molecule has 1 atom stereocenters. The maximum Gasteiger partial charge on any atom is 0.338 e. The van der Waals surface area contributed by atoms with E-state index < -0.39 is 44.5 Å². The highest BCUT2D eigenvalue weighted by Crippen LogP contribution is 2.20. The molecule has 0 unspecified atom stereocenters. The summed E-state index contributed by atoms with van der Waals surface area (Å²) in [6.07, 6.45) is -1.12. The van der Waals surface area contributed by atoms with Crippen molar-refractivity contribution in [2.24, 2.45) is 0 Å². The normalized spacial score (nSPS) is 12.0. The fraction of sp³-hybridized carbons (Fsp3) is 0.0909. The van der Waals surface area contributed by atoms with Gasteiger partial charge in [0.25, 0.3) is 15.9 Å². The first kappa shape index (κ1) is 24.1. The Morgan fingerprint density at radius 3 is 2.27 bits per heavy atom. The molecule has 0 spiro atoms. The van der Waals surface area contributed by atoms with Crippen LogP contribution in [0.2, 0.25) is 5.02 Å². The van der Waals surface area contributed by atoms with Crippen molar-refractivity contribution >= 4 is 44.9 Å². The number of rotatable bonds is 7. The van der Waals surface area contributed by atoms with E-state index in [1.165, 1.54) is 37.3 Å². The van der Waals surface area contributed by atoms with Gasteiger partial charge in [0.2, 0.25) is 0 Å². The second-order valence-corrected chi connectivity index (χ2v) is 8.92. The van der Waals surface area contributed by atoms with Crippen LogP contribution < -0.4 is 10.0 Å². The van der Waals surface area contributed by atoms with Crippen molar-refractivity contribution in [3.8, 4) is 0 Å². The molecule has 0 heterocycles. The predicted molar refractivity (Wildman–Crippen MR) is 119 cm³/mol. The van der Waals surface area contributed by atoms with Gasteiger partial charge in [-0.2, -0.15) is 0 Å². The van der Waals surface area contributed by atoms with E-state index >= 15 is 0 Å². The number of benzene rings is 3. The minimum absolute atomic E-state index is 0.0631. The number of esters is 1. The molecule has 0 aromatic heterocycles. The molecule has 0 aliphatic carbocycles. The molecule has 0 aliphatic heterocycles. The summed E-state index contributed by atoms with van der Waals surface area (Å²) in [5.41, 5.74) is 0.573. The number of amides is 1. The van der Waals surface area contributed by atoms with Gasteiger partial charge in [0.15, 0.2) is 17.7 Å². The molecule has 1 amide bonds. The minimum atomic E-state index is -4.18. The molecule has 0 bridgehead atoms. The van der Waals surface area contributed by atoms with Gasteiger partial charge < -0.3 is 10.1 Å². The largest absolute Gasteiger partial charge is 0.449 e. The topological polar surface area (TPSA) is 102 Å². The Morgan fingerprint density at radius 1 is 0.939 bits per heavy atom. The summed E-state index contributed by atoms with van der Waals surface area (Å²) in [5.74, 6) is -3.85. The third kappa shape index (κ3) is 6.27. The minimum Gasteiger partial charge on any atom is -0.449 e. The Hall–Kier alpha value is -3.50. The van der Waals surface area contributed by atoms with Gasteiger partial charge in [0.05, 0.1) is 10.5 Å². The zero-order chi connectivity index (χ0) is 24.2. The molecule has 172 valence electrons. The van der Waals surface area contributed by atoms with Gasteiger partial charge in [-0.25, -0.2) is 22.0 Å². The first-order valence-electron chi connectivity index (χ1n) is 9.40. The van der Waals surface area contributed by atoms with E-state index in [9.17, 15) is 26.8 Å². The zero-order valence-electron chi connectivity index (χ0n) is 17.0. The van der Waals surface area contributed by atoms with Crippen molar-refractivity contribution in [2.45, 2.75) is 17.9 Å². The third-order valence-corrected chi connectivity index (χ3v) is 5.93. The maximum atomic E-state index is 13.3. The van der Waals surface area contributed by atoms with E-state index in [4.69, 9.17) is 16.3 Å². The van der Waals surface area contributed by atoms with E-state index in [0.717, 1.165) is 6.07 Å². The Balaban J connectivity index is 1.62. The third-order valence-electron chi connectivity index (χ3n) is 4.32. The van der Waals surface area contributed by atoms with Crippen molar-refractivity contribution in [2.75, 3.05) is 10.0 Å². The number of sulfonamides is 1. The van der Waals surface area contributed by atoms with Crippen molar-refractivity contribution in [3.05, 3.63) is 89.0 Å². The summed E-state index contributed by atoms with van der Waals surface area (Å²) >= 11 is 5.86. The predicted octanol–water partition coefficient (Wildman–Crippen LogP) is 4.60. The number of ether oxygens (including phenoxy) is 1. The Bertz CT molecular complexity index is 1300. The number of hydrogen-bond donors (Lipinski definition) is 2. The van der Waals surface area contributed by atoms with Crippen molar-refractivity contribution in [1.29, 1.82) is 0 Å². The van der Waals surface area contributed by atoms with Gasteiger partial charge in [0.1, 0.15) is 0 Å². The highest BCUT2D eigenvalue weighted by molar-refractivity contribution is 7.92. The molecule has 0 fully saturated rings. The van der Waals surface area contributed by atoms with Crippen LogP contribution in [0.5, 0.6) is 0 Å². The maximum absolute atomic E-state index is 13.3. The fourth-order valence-corrected chi connectivity index (χ4v) is 3.89. The lowest BCUT2D eigenvalue weighted by molar-refractivity contribution is -0.123. The van der Waals surface area contributed by atoms with Crippen LogP contribution in [0.25, 0.3) is 0 Å². The van der Waals surface area contributed by atoms with Crippen LogP contribution in [0.15, 0.2) is 71.6 Å². The molecule has 3 aromatic rings. The van der Waals surface area contributed by atoms with E-state index in [2.05, 4.69) is 10.0 Å². The number of nitrogens with one attached hydrogen (secondary N) is 2. The highest BCUT2D eigenvalue weighted by atomic mass is 35.5. The SMILES string of the molecule is C[C@@H](OC(=O)c1ccc(NS(=O)(=O)c2ccc(F)c(F)c2)cc1)C(=O)Nc1cccc(Cl)c1. The van der Waals surface area contributed by atoms with E-state index in [0.29, 0.717) is 22.8 Å². The quantitative estimate of drug-likeness (QED) is 0.467. The summed E-state index contributed by atoms with van der Waals surface area (Å²) in [5, 5.41) is 3.00. The molecule has 11 heteroatoms. The number of halogens is 3. The number of anilines is 2. The molecular formula is C22H17ClF2N2O5S. The summed E-state index contributed by atoms with van der Waals surface area (Å²) in [4.78, 5) is 24.1. The molecular weight excluding hydrogens is 478 g/mol. The van der Waals surface area contributed by atoms with Crippen molar-refractivity contribution < 1.29 is 31.5 Å². The Morgan fingerprint density at radius 2 is 1.64 bits per heavy atom. The van der Waals surface area contributed by atoms with E-state index in [1.54, 1.807) is 18.2 Å². The van der Waals surface area contributed by atoms with Gasteiger partial charge in [-0.15, -0.1) is 0 Å². The summed E-state index contributed by atoms with van der Waals surface area (Å²) in [7, 11) is -4.18. The van der Waals surface area contributed by atoms with Crippen molar-refractivity contribution in [1.82, 2.24) is 0 Å². The zero-order valence-corrected chi connectivity index (χ0v) is 18.6. The van der Waals surface area contributed by atoms with Crippen LogP contribution in [-0.4, -0.2) is 26.4 Å². The standard InChI is InChI=1S/C22H17ClF2N2O5S/c1-13(21(28)26-17-4-2-3-15(23)11-17)32-22(29)14-5-7-16(8-6-14)27-33(30,31)18-9-10-19(24)20(25)12-18/h2-13,27H,1H3,(H,26,28)/t13-/m1/s1.